The van der Waals surface area contributed by atoms with Crippen LogP contribution in [-0.4, -0.2) is 17.3 Å². The van der Waals surface area contributed by atoms with Crippen molar-refractivity contribution >= 4 is 5.97 Å². The van der Waals surface area contributed by atoms with Gasteiger partial charge in [0.05, 0.1) is 11.5 Å². The molecule has 0 spiro atoms. The van der Waals surface area contributed by atoms with E-state index in [1.54, 1.807) is 0 Å². The second kappa shape index (κ2) is 3.50. The van der Waals surface area contributed by atoms with Crippen LogP contribution in [0.4, 0.5) is 13.2 Å². The number of aromatic carboxylic acids is 1. The third-order valence-electron chi connectivity index (χ3n) is 2.80. The molecule has 1 N–H and O–H groups in total. The minimum Gasteiger partial charge on any atom is -0.478 e. The van der Waals surface area contributed by atoms with Gasteiger partial charge in [-0.1, -0.05) is 12.1 Å². The quantitative estimate of drug-likeness (QED) is 0.847. The Hall–Kier alpha value is -1.52. The van der Waals surface area contributed by atoms with Gasteiger partial charge in [0.2, 0.25) is 0 Å². The van der Waals surface area contributed by atoms with Crippen LogP contribution in [0.1, 0.15) is 28.3 Å². The molecule has 2 nitrogen and oxygen atoms in total. The molecule has 2 rings (SSSR count). The number of carbonyl (C=O) groups is 1. The highest BCUT2D eigenvalue weighted by atomic mass is 19.4. The van der Waals surface area contributed by atoms with Crippen molar-refractivity contribution in [2.24, 2.45) is 5.92 Å². The molecule has 1 fully saturated rings. The fraction of sp³-hybridized carbons (Fsp3) is 0.364. The molecule has 1 aromatic rings. The Morgan fingerprint density at radius 1 is 1.25 bits per heavy atom. The Bertz CT molecular complexity index is 408. The summed E-state index contributed by atoms with van der Waals surface area (Å²) in [6.07, 6.45) is -4.04. The van der Waals surface area contributed by atoms with E-state index < -0.39 is 24.0 Å². The maximum atomic E-state index is 12.3. The zero-order valence-corrected chi connectivity index (χ0v) is 8.16. The van der Waals surface area contributed by atoms with E-state index in [0.29, 0.717) is 5.56 Å². The van der Waals surface area contributed by atoms with Crippen LogP contribution in [0, 0.1) is 5.92 Å². The van der Waals surface area contributed by atoms with Crippen molar-refractivity contribution in [2.45, 2.75) is 18.5 Å². The lowest BCUT2D eigenvalue weighted by Gasteiger charge is -2.05. The van der Waals surface area contributed by atoms with Gasteiger partial charge in [-0.05, 0) is 30.0 Å². The van der Waals surface area contributed by atoms with Crippen LogP contribution in [-0.2, 0) is 0 Å². The monoisotopic (exact) mass is 230 g/mol. The van der Waals surface area contributed by atoms with Gasteiger partial charge in [0.1, 0.15) is 0 Å². The van der Waals surface area contributed by atoms with Gasteiger partial charge in [0, 0.05) is 0 Å². The van der Waals surface area contributed by atoms with Crippen molar-refractivity contribution in [1.82, 2.24) is 0 Å². The third-order valence-corrected chi connectivity index (χ3v) is 2.80. The number of hydrogen-bond donors (Lipinski definition) is 1. The second-order valence-electron chi connectivity index (χ2n) is 3.92. The third kappa shape index (κ3) is 2.03. The summed E-state index contributed by atoms with van der Waals surface area (Å²) in [5, 5.41) is 8.63. The first-order valence-corrected chi connectivity index (χ1v) is 4.79. The van der Waals surface area contributed by atoms with Gasteiger partial charge in [-0.2, -0.15) is 13.2 Å². The highest BCUT2D eigenvalue weighted by molar-refractivity contribution is 5.87. The number of carboxylic acid groups (broad SMARTS) is 1. The molecule has 0 aliphatic heterocycles. The van der Waals surface area contributed by atoms with Crippen molar-refractivity contribution in [3.8, 4) is 0 Å². The van der Waals surface area contributed by atoms with Gasteiger partial charge < -0.3 is 5.11 Å². The highest BCUT2D eigenvalue weighted by Gasteiger charge is 2.55. The standard InChI is InChI=1S/C11H9F3O2/c12-11(13,14)9-5-8(9)6-1-3-7(4-2-6)10(15)16/h1-4,8-9H,5H2,(H,15,16)/t8-,9+/m0/s1. The summed E-state index contributed by atoms with van der Waals surface area (Å²) in [4.78, 5) is 10.5. The average Bonchev–Trinajstić information content (AvgIpc) is 2.96. The molecule has 0 radical (unpaired) electrons. The van der Waals surface area contributed by atoms with Crippen molar-refractivity contribution in [3.63, 3.8) is 0 Å². The van der Waals surface area contributed by atoms with E-state index >= 15 is 0 Å². The lowest BCUT2D eigenvalue weighted by molar-refractivity contribution is -0.148. The molecular weight excluding hydrogens is 221 g/mol. The van der Waals surface area contributed by atoms with E-state index in [4.69, 9.17) is 5.11 Å². The number of rotatable bonds is 2. The van der Waals surface area contributed by atoms with E-state index in [1.165, 1.54) is 24.3 Å². The molecule has 1 saturated carbocycles. The molecule has 0 aromatic heterocycles. The Labute approximate surface area is 89.7 Å². The molecule has 1 aliphatic rings. The van der Waals surface area contributed by atoms with Crippen molar-refractivity contribution in [3.05, 3.63) is 35.4 Å². The summed E-state index contributed by atoms with van der Waals surface area (Å²) >= 11 is 0. The van der Waals surface area contributed by atoms with E-state index in [1.807, 2.05) is 0 Å². The minimum atomic E-state index is -4.14. The van der Waals surface area contributed by atoms with Crippen LogP contribution in [0.15, 0.2) is 24.3 Å². The lowest BCUT2D eigenvalue weighted by atomic mass is 10.1. The minimum absolute atomic E-state index is 0.0907. The first kappa shape index (κ1) is 11.0. The summed E-state index contributed by atoms with van der Waals surface area (Å²) in [5.74, 6) is -2.83. The molecule has 0 heterocycles. The summed E-state index contributed by atoms with van der Waals surface area (Å²) in [5.41, 5.74) is 0.653. The van der Waals surface area contributed by atoms with Crippen LogP contribution in [0.3, 0.4) is 0 Å². The van der Waals surface area contributed by atoms with Crippen LogP contribution in [0.2, 0.25) is 0 Å². The van der Waals surface area contributed by atoms with Crippen molar-refractivity contribution in [2.75, 3.05) is 0 Å². The molecular formula is C11H9F3O2. The molecule has 0 saturated heterocycles. The molecule has 0 unspecified atom stereocenters. The topological polar surface area (TPSA) is 37.3 Å². The van der Waals surface area contributed by atoms with Crippen LogP contribution in [0.25, 0.3) is 0 Å². The lowest BCUT2D eigenvalue weighted by Crippen LogP contribution is -2.11. The molecule has 1 aromatic carbocycles. The molecule has 1 aliphatic carbocycles. The normalized spacial score (nSPS) is 24.2. The molecule has 16 heavy (non-hydrogen) atoms. The first-order chi connectivity index (χ1) is 7.39. The Balaban J connectivity index is 2.11. The SMILES string of the molecule is O=C(O)c1ccc([C@@H]2C[C@H]2C(F)(F)F)cc1. The summed E-state index contributed by atoms with van der Waals surface area (Å²) < 4.78 is 36.9. The van der Waals surface area contributed by atoms with Crippen molar-refractivity contribution < 1.29 is 23.1 Å². The zero-order chi connectivity index (χ0) is 11.9. The van der Waals surface area contributed by atoms with Crippen LogP contribution < -0.4 is 0 Å². The second-order valence-corrected chi connectivity index (χ2v) is 3.92. The number of alkyl halides is 3. The molecule has 0 amide bonds. The van der Waals surface area contributed by atoms with E-state index in [0.717, 1.165) is 0 Å². The van der Waals surface area contributed by atoms with Gasteiger partial charge in [0.15, 0.2) is 0 Å². The molecule has 2 atom stereocenters. The number of carboxylic acids is 1. The van der Waals surface area contributed by atoms with Crippen LogP contribution in [0.5, 0.6) is 0 Å². The predicted molar refractivity (Wildman–Crippen MR) is 50.3 cm³/mol. The smallest absolute Gasteiger partial charge is 0.392 e. The Kier molecular flexibility index (Phi) is 2.40. The summed E-state index contributed by atoms with van der Waals surface area (Å²) in [6, 6.07) is 5.59. The molecule has 0 bridgehead atoms. The molecule has 86 valence electrons. The Morgan fingerprint density at radius 2 is 1.81 bits per heavy atom. The fourth-order valence-corrected chi connectivity index (χ4v) is 1.80. The highest BCUT2D eigenvalue weighted by Crippen LogP contribution is 2.55. The number of hydrogen-bond acceptors (Lipinski definition) is 1. The molecule has 5 heteroatoms. The summed E-state index contributed by atoms with van der Waals surface area (Å²) in [7, 11) is 0. The Morgan fingerprint density at radius 3 is 2.19 bits per heavy atom. The number of benzene rings is 1. The van der Waals surface area contributed by atoms with Gasteiger partial charge >= 0.3 is 12.1 Å². The fourth-order valence-electron chi connectivity index (χ4n) is 1.80. The first-order valence-electron chi connectivity index (χ1n) is 4.79. The van der Waals surface area contributed by atoms with Gasteiger partial charge in [-0.15, -0.1) is 0 Å². The number of halogens is 3. The van der Waals surface area contributed by atoms with E-state index in [2.05, 4.69) is 0 Å². The van der Waals surface area contributed by atoms with E-state index in [-0.39, 0.29) is 12.0 Å². The average molecular weight is 230 g/mol. The van der Waals surface area contributed by atoms with Gasteiger partial charge in [-0.25, -0.2) is 4.79 Å². The van der Waals surface area contributed by atoms with Crippen molar-refractivity contribution in [1.29, 1.82) is 0 Å². The summed E-state index contributed by atoms with van der Waals surface area (Å²) in [6.45, 7) is 0. The van der Waals surface area contributed by atoms with Gasteiger partial charge in [-0.3, -0.25) is 0 Å². The van der Waals surface area contributed by atoms with Gasteiger partial charge in [0.25, 0.3) is 0 Å². The zero-order valence-electron chi connectivity index (χ0n) is 8.16. The maximum Gasteiger partial charge on any atom is 0.392 e. The maximum absolute atomic E-state index is 12.3. The van der Waals surface area contributed by atoms with Crippen LogP contribution >= 0.6 is 0 Å². The van der Waals surface area contributed by atoms with E-state index in [9.17, 15) is 18.0 Å². The largest absolute Gasteiger partial charge is 0.478 e. The predicted octanol–water partition coefficient (Wildman–Crippen LogP) is 3.05.